The van der Waals surface area contributed by atoms with E-state index in [1.807, 2.05) is 6.92 Å². The molecule has 104 valence electrons. The van der Waals surface area contributed by atoms with Crippen LogP contribution in [0.1, 0.15) is 6.92 Å². The maximum absolute atomic E-state index is 5.47. The zero-order chi connectivity index (χ0) is 13.8. The van der Waals surface area contributed by atoms with Crippen molar-refractivity contribution in [3.63, 3.8) is 0 Å². The number of rotatable bonds is 6. The summed E-state index contributed by atoms with van der Waals surface area (Å²) in [6, 6.07) is 0. The molecular weight excluding hydrogens is 236 g/mol. The Bertz CT molecular complexity index is 433. The molecule has 19 heavy (non-hydrogen) atoms. The molecule has 3 N–H and O–H groups in total. The first-order valence-corrected chi connectivity index (χ1v) is 6.85. The van der Waals surface area contributed by atoms with Crippen molar-refractivity contribution < 1.29 is 0 Å². The minimum atomic E-state index is 0.689. The SMILES string of the molecule is C=C(C)C1=CC(=C)N2CCN(CCNCCN)C2=C1. The van der Waals surface area contributed by atoms with E-state index < -0.39 is 0 Å². The van der Waals surface area contributed by atoms with Crippen LogP contribution in [0.25, 0.3) is 0 Å². The van der Waals surface area contributed by atoms with Gasteiger partial charge in [0, 0.05) is 45.0 Å². The van der Waals surface area contributed by atoms with Crippen molar-refractivity contribution in [1.82, 2.24) is 15.1 Å². The van der Waals surface area contributed by atoms with Crippen LogP contribution in [0.2, 0.25) is 0 Å². The van der Waals surface area contributed by atoms with Gasteiger partial charge in [0.15, 0.2) is 0 Å². The molecule has 1 saturated heterocycles. The van der Waals surface area contributed by atoms with Crippen molar-refractivity contribution in [2.75, 3.05) is 39.3 Å². The molecule has 2 heterocycles. The van der Waals surface area contributed by atoms with Crippen LogP contribution >= 0.6 is 0 Å². The topological polar surface area (TPSA) is 44.5 Å². The van der Waals surface area contributed by atoms with Gasteiger partial charge in [-0.3, -0.25) is 0 Å². The maximum atomic E-state index is 5.47. The van der Waals surface area contributed by atoms with Crippen LogP contribution in [0.4, 0.5) is 0 Å². The third-order valence-electron chi connectivity index (χ3n) is 3.52. The molecule has 4 nitrogen and oxygen atoms in total. The quantitative estimate of drug-likeness (QED) is 0.700. The minimum absolute atomic E-state index is 0.689. The fourth-order valence-electron chi connectivity index (χ4n) is 2.43. The standard InChI is InChI=1S/C15H24N4/c1-12(2)14-10-13(3)19-9-8-18(15(19)11-14)7-6-17-5-4-16/h10-11,17H,1,3-9,16H2,2H3. The number of allylic oxidation sites excluding steroid dienone is 4. The Labute approximate surface area is 115 Å². The summed E-state index contributed by atoms with van der Waals surface area (Å²) in [7, 11) is 0. The molecule has 2 aliphatic heterocycles. The van der Waals surface area contributed by atoms with E-state index in [1.165, 1.54) is 11.4 Å². The third-order valence-corrected chi connectivity index (χ3v) is 3.52. The minimum Gasteiger partial charge on any atom is -0.355 e. The second-order valence-electron chi connectivity index (χ2n) is 5.05. The van der Waals surface area contributed by atoms with Crippen molar-refractivity contribution in [2.45, 2.75) is 6.92 Å². The lowest BCUT2D eigenvalue weighted by Gasteiger charge is -2.29. The summed E-state index contributed by atoms with van der Waals surface area (Å²) in [6.07, 6.45) is 4.33. The predicted octanol–water partition coefficient (Wildman–Crippen LogP) is 1.02. The van der Waals surface area contributed by atoms with Gasteiger partial charge in [-0.2, -0.15) is 0 Å². The highest BCUT2D eigenvalue weighted by Gasteiger charge is 2.28. The van der Waals surface area contributed by atoms with Crippen molar-refractivity contribution in [3.8, 4) is 0 Å². The Balaban J connectivity index is 2.02. The van der Waals surface area contributed by atoms with E-state index in [0.29, 0.717) is 6.54 Å². The molecule has 0 aromatic rings. The van der Waals surface area contributed by atoms with Crippen molar-refractivity contribution in [1.29, 1.82) is 0 Å². The third kappa shape index (κ3) is 3.08. The number of nitrogens with one attached hydrogen (secondary N) is 1. The molecule has 4 heteroatoms. The molecule has 2 rings (SSSR count). The van der Waals surface area contributed by atoms with Crippen LogP contribution in [0.5, 0.6) is 0 Å². The Morgan fingerprint density at radius 1 is 1.37 bits per heavy atom. The summed E-state index contributed by atoms with van der Waals surface area (Å²) in [5.41, 5.74) is 8.80. The number of hydrogen-bond donors (Lipinski definition) is 2. The molecule has 0 unspecified atom stereocenters. The molecule has 0 atom stereocenters. The van der Waals surface area contributed by atoms with Gasteiger partial charge in [-0.25, -0.2) is 0 Å². The van der Waals surface area contributed by atoms with Crippen LogP contribution in [0, 0.1) is 0 Å². The number of nitrogens with zero attached hydrogens (tertiary/aromatic N) is 2. The molecule has 0 radical (unpaired) electrons. The van der Waals surface area contributed by atoms with Crippen LogP contribution in [-0.2, 0) is 0 Å². The van der Waals surface area contributed by atoms with Crippen molar-refractivity contribution in [3.05, 3.63) is 48.0 Å². The summed E-state index contributed by atoms with van der Waals surface area (Å²) in [4.78, 5) is 4.67. The zero-order valence-electron chi connectivity index (χ0n) is 11.8. The first-order valence-electron chi connectivity index (χ1n) is 6.85. The monoisotopic (exact) mass is 260 g/mol. The van der Waals surface area contributed by atoms with E-state index in [1.54, 1.807) is 0 Å². The highest BCUT2D eigenvalue weighted by atomic mass is 15.4. The van der Waals surface area contributed by atoms with Gasteiger partial charge in [-0.15, -0.1) is 0 Å². The van der Waals surface area contributed by atoms with Crippen molar-refractivity contribution >= 4 is 0 Å². The molecule has 0 bridgehead atoms. The van der Waals surface area contributed by atoms with Gasteiger partial charge in [-0.05, 0) is 24.6 Å². The molecule has 0 aromatic heterocycles. The van der Waals surface area contributed by atoms with Crippen LogP contribution in [0.3, 0.4) is 0 Å². The van der Waals surface area contributed by atoms with Gasteiger partial charge in [0.1, 0.15) is 5.82 Å². The predicted molar refractivity (Wildman–Crippen MR) is 80.3 cm³/mol. The average molecular weight is 260 g/mol. The zero-order valence-corrected chi connectivity index (χ0v) is 11.8. The molecule has 0 aliphatic carbocycles. The van der Waals surface area contributed by atoms with E-state index >= 15 is 0 Å². The lowest BCUT2D eigenvalue weighted by molar-refractivity contribution is 0.364. The van der Waals surface area contributed by atoms with Crippen molar-refractivity contribution in [2.24, 2.45) is 5.73 Å². The molecule has 0 spiro atoms. The highest BCUT2D eigenvalue weighted by Crippen LogP contribution is 2.30. The normalized spacial score (nSPS) is 18.3. The fourth-order valence-corrected chi connectivity index (χ4v) is 2.43. The summed E-state index contributed by atoms with van der Waals surface area (Å²) in [5, 5.41) is 3.34. The summed E-state index contributed by atoms with van der Waals surface area (Å²) in [6.45, 7) is 15.8. The molecule has 2 aliphatic rings. The summed E-state index contributed by atoms with van der Waals surface area (Å²) >= 11 is 0. The van der Waals surface area contributed by atoms with Gasteiger partial charge in [0.2, 0.25) is 0 Å². The highest BCUT2D eigenvalue weighted by molar-refractivity contribution is 5.47. The van der Waals surface area contributed by atoms with Gasteiger partial charge < -0.3 is 20.9 Å². The van der Waals surface area contributed by atoms with E-state index in [2.05, 4.69) is 40.4 Å². The van der Waals surface area contributed by atoms with Gasteiger partial charge in [0.25, 0.3) is 0 Å². The Morgan fingerprint density at radius 2 is 2.16 bits per heavy atom. The first-order chi connectivity index (χ1) is 9.13. The van der Waals surface area contributed by atoms with Gasteiger partial charge >= 0.3 is 0 Å². The van der Waals surface area contributed by atoms with Gasteiger partial charge in [-0.1, -0.05) is 18.7 Å². The summed E-state index contributed by atoms with van der Waals surface area (Å²) in [5.74, 6) is 1.25. The summed E-state index contributed by atoms with van der Waals surface area (Å²) < 4.78 is 0. The maximum Gasteiger partial charge on any atom is 0.109 e. The number of fused-ring (bicyclic) bond motifs is 1. The molecular formula is C15H24N4. The van der Waals surface area contributed by atoms with Gasteiger partial charge in [0.05, 0.1) is 0 Å². The number of nitrogens with two attached hydrogens (primary N) is 1. The smallest absolute Gasteiger partial charge is 0.109 e. The average Bonchev–Trinajstić information content (AvgIpc) is 2.78. The van der Waals surface area contributed by atoms with Crippen LogP contribution in [0.15, 0.2) is 48.0 Å². The van der Waals surface area contributed by atoms with Crippen LogP contribution in [-0.4, -0.2) is 49.1 Å². The first kappa shape index (κ1) is 13.9. The largest absolute Gasteiger partial charge is 0.355 e. The Kier molecular flexibility index (Phi) is 4.45. The van der Waals surface area contributed by atoms with E-state index in [-0.39, 0.29) is 0 Å². The van der Waals surface area contributed by atoms with E-state index in [0.717, 1.165) is 44.0 Å². The second-order valence-corrected chi connectivity index (χ2v) is 5.05. The van der Waals surface area contributed by atoms with Crippen LogP contribution < -0.4 is 11.1 Å². The Morgan fingerprint density at radius 3 is 2.84 bits per heavy atom. The number of hydrogen-bond acceptors (Lipinski definition) is 4. The lowest BCUT2D eigenvalue weighted by atomic mass is 10.0. The lowest BCUT2D eigenvalue weighted by Crippen LogP contribution is -2.33. The second kappa shape index (κ2) is 6.08. The Hall–Kier alpha value is -1.52. The fraction of sp³-hybridized carbons (Fsp3) is 0.467. The molecule has 1 fully saturated rings. The van der Waals surface area contributed by atoms with E-state index in [4.69, 9.17) is 5.73 Å². The van der Waals surface area contributed by atoms with E-state index in [9.17, 15) is 0 Å². The molecule has 0 aromatic carbocycles. The molecule has 0 saturated carbocycles. The molecule has 0 amide bonds.